The second-order valence-electron chi connectivity index (χ2n) is 5.70. The number of hydrogen-bond acceptors (Lipinski definition) is 3. The minimum Gasteiger partial charge on any atom is -0.392 e. The van der Waals surface area contributed by atoms with Crippen molar-refractivity contribution in [1.29, 1.82) is 0 Å². The fourth-order valence-electron chi connectivity index (χ4n) is 3.40. The molecule has 1 saturated heterocycles. The van der Waals surface area contributed by atoms with Gasteiger partial charge >= 0.3 is 0 Å². The lowest BCUT2D eigenvalue weighted by atomic mass is 9.82. The van der Waals surface area contributed by atoms with E-state index in [1.807, 2.05) is 11.0 Å². The summed E-state index contributed by atoms with van der Waals surface area (Å²) in [6.07, 6.45) is 1.01. The molecule has 3 heterocycles. The van der Waals surface area contributed by atoms with Gasteiger partial charge in [-0.25, -0.2) is 0 Å². The van der Waals surface area contributed by atoms with E-state index in [4.69, 9.17) is 0 Å². The summed E-state index contributed by atoms with van der Waals surface area (Å²) in [5.41, 5.74) is 1.50. The molecule has 3 rings (SSSR count). The molecule has 0 aromatic carbocycles. The van der Waals surface area contributed by atoms with Crippen LogP contribution in [0, 0.1) is 5.92 Å². The summed E-state index contributed by atoms with van der Waals surface area (Å²) in [6.45, 7) is 3.48. The molecule has 20 heavy (non-hydrogen) atoms. The Bertz CT molecular complexity index is 626. The minimum atomic E-state index is -0.157. The smallest absolute Gasteiger partial charge is 0.265 e. The summed E-state index contributed by atoms with van der Waals surface area (Å²) in [5, 5.41) is 9.37. The molecule has 2 aliphatic rings. The highest BCUT2D eigenvalue weighted by molar-refractivity contribution is 9.10. The SMILES string of the molecule is CC(=O)N1CC2CC(C1)c1cc(CO)c(Br)c(=O)n1C2. The van der Waals surface area contributed by atoms with Gasteiger partial charge in [-0.1, -0.05) is 0 Å². The normalized spacial score (nSPS) is 24.4. The van der Waals surface area contributed by atoms with E-state index in [9.17, 15) is 14.7 Å². The molecule has 2 bridgehead atoms. The van der Waals surface area contributed by atoms with Crippen molar-refractivity contribution < 1.29 is 9.90 Å². The lowest BCUT2D eigenvalue weighted by molar-refractivity contribution is -0.131. The van der Waals surface area contributed by atoms with Crippen molar-refractivity contribution in [3.8, 4) is 0 Å². The number of piperidine rings is 1. The lowest BCUT2D eigenvalue weighted by Gasteiger charge is -2.42. The highest BCUT2D eigenvalue weighted by Gasteiger charge is 2.36. The number of aromatic nitrogens is 1. The van der Waals surface area contributed by atoms with Crippen molar-refractivity contribution in [2.75, 3.05) is 13.1 Å². The first-order valence-electron chi connectivity index (χ1n) is 6.79. The van der Waals surface area contributed by atoms with Crippen LogP contribution in [0.25, 0.3) is 0 Å². The van der Waals surface area contributed by atoms with E-state index in [1.54, 1.807) is 11.5 Å². The second-order valence-corrected chi connectivity index (χ2v) is 6.50. The maximum absolute atomic E-state index is 12.4. The number of likely N-dealkylation sites (tertiary alicyclic amines) is 1. The zero-order valence-corrected chi connectivity index (χ0v) is 12.9. The maximum atomic E-state index is 12.4. The number of nitrogens with zero attached hydrogens (tertiary/aromatic N) is 2. The standard InChI is InChI=1S/C14H17BrN2O3/c1-8(19)16-4-9-2-10(6-16)12-3-11(7-18)13(15)14(20)17(12)5-9/h3,9-10,18H,2,4-7H2,1H3. The van der Waals surface area contributed by atoms with Crippen LogP contribution in [0.2, 0.25) is 0 Å². The molecule has 2 aliphatic heterocycles. The van der Waals surface area contributed by atoms with E-state index in [2.05, 4.69) is 15.9 Å². The highest BCUT2D eigenvalue weighted by Crippen LogP contribution is 2.36. The number of hydrogen-bond donors (Lipinski definition) is 1. The number of halogens is 1. The first-order valence-corrected chi connectivity index (χ1v) is 7.59. The molecule has 1 fully saturated rings. The van der Waals surface area contributed by atoms with Crippen molar-refractivity contribution >= 4 is 21.8 Å². The molecule has 1 amide bonds. The topological polar surface area (TPSA) is 62.5 Å². The zero-order valence-electron chi connectivity index (χ0n) is 11.3. The molecular formula is C14H17BrN2O3. The minimum absolute atomic E-state index is 0.0717. The molecule has 0 saturated carbocycles. The van der Waals surface area contributed by atoms with Gasteiger partial charge in [-0.2, -0.15) is 0 Å². The zero-order chi connectivity index (χ0) is 14.4. The van der Waals surface area contributed by atoms with Crippen LogP contribution in [0.1, 0.15) is 30.5 Å². The van der Waals surface area contributed by atoms with Gasteiger partial charge in [0.2, 0.25) is 5.91 Å². The van der Waals surface area contributed by atoms with E-state index >= 15 is 0 Å². The number of rotatable bonds is 1. The van der Waals surface area contributed by atoms with Crippen LogP contribution in [0.15, 0.2) is 15.3 Å². The number of pyridine rings is 1. The fraction of sp³-hybridized carbons (Fsp3) is 0.571. The maximum Gasteiger partial charge on any atom is 0.265 e. The van der Waals surface area contributed by atoms with Crippen LogP contribution in [0.5, 0.6) is 0 Å². The highest BCUT2D eigenvalue weighted by atomic mass is 79.9. The van der Waals surface area contributed by atoms with Gasteiger partial charge in [-0.05, 0) is 39.9 Å². The molecule has 0 aliphatic carbocycles. The van der Waals surface area contributed by atoms with Crippen molar-refractivity contribution in [1.82, 2.24) is 9.47 Å². The van der Waals surface area contributed by atoms with Crippen LogP contribution in [0.3, 0.4) is 0 Å². The molecule has 1 aromatic rings. The lowest BCUT2D eigenvalue weighted by Crippen LogP contribution is -2.48. The molecular weight excluding hydrogens is 324 g/mol. The van der Waals surface area contributed by atoms with Gasteiger partial charge in [0.25, 0.3) is 5.56 Å². The number of fused-ring (bicyclic) bond motifs is 4. The average Bonchev–Trinajstić information content (AvgIpc) is 2.43. The van der Waals surface area contributed by atoms with E-state index in [0.717, 1.165) is 18.7 Å². The summed E-state index contributed by atoms with van der Waals surface area (Å²) in [7, 11) is 0. The van der Waals surface area contributed by atoms with Crippen LogP contribution in [-0.2, 0) is 17.9 Å². The molecule has 6 heteroatoms. The molecule has 108 valence electrons. The number of aliphatic hydroxyl groups is 1. The third kappa shape index (κ3) is 2.11. The second kappa shape index (κ2) is 5.00. The average molecular weight is 341 g/mol. The van der Waals surface area contributed by atoms with Gasteiger partial charge in [0.15, 0.2) is 0 Å². The van der Waals surface area contributed by atoms with Gasteiger partial charge in [-0.15, -0.1) is 0 Å². The summed E-state index contributed by atoms with van der Waals surface area (Å²) in [4.78, 5) is 25.8. The molecule has 1 N–H and O–H groups in total. The molecule has 2 atom stereocenters. The predicted octanol–water partition coefficient (Wildman–Crippen LogP) is 1.07. The third-order valence-electron chi connectivity index (χ3n) is 4.36. The Morgan fingerprint density at radius 3 is 2.85 bits per heavy atom. The van der Waals surface area contributed by atoms with Crippen LogP contribution in [0.4, 0.5) is 0 Å². The molecule has 1 aromatic heterocycles. The van der Waals surface area contributed by atoms with E-state index < -0.39 is 0 Å². The van der Waals surface area contributed by atoms with E-state index in [-0.39, 0.29) is 24.0 Å². The van der Waals surface area contributed by atoms with Crippen molar-refractivity contribution in [2.24, 2.45) is 5.92 Å². The van der Waals surface area contributed by atoms with Gasteiger partial charge in [-0.3, -0.25) is 9.59 Å². The van der Waals surface area contributed by atoms with Crippen LogP contribution in [-0.4, -0.2) is 33.6 Å². The fourth-order valence-corrected chi connectivity index (χ4v) is 3.85. The Morgan fingerprint density at radius 2 is 2.20 bits per heavy atom. The summed E-state index contributed by atoms with van der Waals surface area (Å²) < 4.78 is 2.26. The van der Waals surface area contributed by atoms with Crippen molar-refractivity contribution in [3.63, 3.8) is 0 Å². The van der Waals surface area contributed by atoms with Crippen LogP contribution >= 0.6 is 15.9 Å². The largest absolute Gasteiger partial charge is 0.392 e. The number of carbonyl (C=O) groups is 1. The Balaban J connectivity index is 2.07. The van der Waals surface area contributed by atoms with Crippen molar-refractivity contribution in [3.05, 3.63) is 32.2 Å². The first-order chi connectivity index (χ1) is 9.51. The molecule has 2 unspecified atom stereocenters. The molecule has 0 spiro atoms. The summed E-state index contributed by atoms with van der Waals surface area (Å²) in [5.74, 6) is 0.627. The van der Waals surface area contributed by atoms with Gasteiger partial charge in [0, 0.05) is 38.2 Å². The van der Waals surface area contributed by atoms with Crippen molar-refractivity contribution in [2.45, 2.75) is 32.4 Å². The number of carbonyl (C=O) groups excluding carboxylic acids is 1. The quantitative estimate of drug-likeness (QED) is 0.831. The number of aliphatic hydroxyl groups excluding tert-OH is 1. The summed E-state index contributed by atoms with van der Waals surface area (Å²) >= 11 is 3.28. The van der Waals surface area contributed by atoms with E-state index in [0.29, 0.717) is 29.0 Å². The van der Waals surface area contributed by atoms with Crippen LogP contribution < -0.4 is 5.56 Å². The Hall–Kier alpha value is -1.14. The first kappa shape index (κ1) is 13.8. The molecule has 0 radical (unpaired) electrons. The number of amides is 1. The third-order valence-corrected chi connectivity index (χ3v) is 5.21. The summed E-state index contributed by atoms with van der Waals surface area (Å²) in [6, 6.07) is 1.90. The van der Waals surface area contributed by atoms with E-state index in [1.165, 1.54) is 0 Å². The predicted molar refractivity (Wildman–Crippen MR) is 77.4 cm³/mol. The Kier molecular flexibility index (Phi) is 3.46. The molecule has 5 nitrogen and oxygen atoms in total. The Morgan fingerprint density at radius 1 is 1.45 bits per heavy atom. The van der Waals surface area contributed by atoms with Gasteiger partial charge in [0.05, 0.1) is 11.1 Å². The Labute approximate surface area is 125 Å². The van der Waals surface area contributed by atoms with Gasteiger partial charge < -0.3 is 14.6 Å². The monoisotopic (exact) mass is 340 g/mol. The van der Waals surface area contributed by atoms with Gasteiger partial charge in [0.1, 0.15) is 0 Å².